The van der Waals surface area contributed by atoms with Crippen molar-refractivity contribution in [3.8, 4) is 0 Å². The van der Waals surface area contributed by atoms with E-state index < -0.39 is 5.97 Å². The number of aromatic nitrogens is 1. The van der Waals surface area contributed by atoms with E-state index in [1.54, 1.807) is 18.3 Å². The predicted octanol–water partition coefficient (Wildman–Crippen LogP) is 1.66. The van der Waals surface area contributed by atoms with E-state index >= 15 is 0 Å². The zero-order valence-corrected chi connectivity index (χ0v) is 10.7. The van der Waals surface area contributed by atoms with Crippen LogP contribution < -0.4 is 5.32 Å². The van der Waals surface area contributed by atoms with Crippen LogP contribution in [0.4, 0.5) is 0 Å². The quantitative estimate of drug-likeness (QED) is 0.793. The van der Waals surface area contributed by atoms with E-state index in [-0.39, 0.29) is 12.5 Å². The minimum Gasteiger partial charge on any atom is -0.480 e. The molecule has 1 aromatic rings. The number of amides is 1. The van der Waals surface area contributed by atoms with Gasteiger partial charge in [-0.2, -0.15) is 0 Å². The van der Waals surface area contributed by atoms with Gasteiger partial charge in [-0.05, 0) is 37.3 Å². The highest BCUT2D eigenvalue weighted by molar-refractivity contribution is 5.93. The Morgan fingerprint density at radius 2 is 2.26 bits per heavy atom. The molecule has 0 bridgehead atoms. The number of aliphatic carboxylic acids is 1. The van der Waals surface area contributed by atoms with Gasteiger partial charge in [0.15, 0.2) is 0 Å². The molecule has 0 aromatic carbocycles. The Bertz CT molecular complexity index is 491. The Labute approximate surface area is 111 Å². The van der Waals surface area contributed by atoms with Crippen molar-refractivity contribution in [2.45, 2.75) is 25.8 Å². The molecule has 19 heavy (non-hydrogen) atoms. The highest BCUT2D eigenvalue weighted by atomic mass is 16.4. The third-order valence-electron chi connectivity index (χ3n) is 3.30. The molecule has 102 valence electrons. The summed E-state index contributed by atoms with van der Waals surface area (Å²) in [5.74, 6) is -0.680. The summed E-state index contributed by atoms with van der Waals surface area (Å²) >= 11 is 0. The molecule has 1 heterocycles. The Morgan fingerprint density at radius 3 is 2.95 bits per heavy atom. The maximum Gasteiger partial charge on any atom is 0.323 e. The van der Waals surface area contributed by atoms with Crippen LogP contribution >= 0.6 is 0 Å². The monoisotopic (exact) mass is 262 g/mol. The van der Waals surface area contributed by atoms with Crippen LogP contribution in [0, 0.1) is 5.92 Å². The number of carbonyl (C=O) groups is 2. The van der Waals surface area contributed by atoms with Crippen LogP contribution in [0.25, 0.3) is 0 Å². The third-order valence-corrected chi connectivity index (χ3v) is 3.30. The van der Waals surface area contributed by atoms with E-state index in [9.17, 15) is 9.59 Å². The van der Waals surface area contributed by atoms with Crippen LogP contribution in [0.1, 0.15) is 29.8 Å². The van der Waals surface area contributed by atoms with Gasteiger partial charge in [0, 0.05) is 12.7 Å². The average Bonchev–Trinajstić information content (AvgIpc) is 2.84. The Morgan fingerprint density at radius 1 is 1.42 bits per heavy atom. The summed E-state index contributed by atoms with van der Waals surface area (Å²) in [5.41, 5.74) is 0.397. The van der Waals surface area contributed by atoms with Gasteiger partial charge < -0.3 is 15.0 Å². The molecule has 0 fully saturated rings. The van der Waals surface area contributed by atoms with E-state index in [2.05, 4.69) is 17.5 Å². The molecule has 0 saturated carbocycles. The fourth-order valence-electron chi connectivity index (χ4n) is 2.27. The summed E-state index contributed by atoms with van der Waals surface area (Å²) in [6.07, 6.45) is 9.06. The summed E-state index contributed by atoms with van der Waals surface area (Å²) in [7, 11) is 0. The molecule has 5 heteroatoms. The lowest BCUT2D eigenvalue weighted by Crippen LogP contribution is -2.31. The molecule has 0 aliphatic heterocycles. The normalized spacial score (nSPS) is 18.2. The number of allylic oxidation sites excluding steroid dienone is 2. The van der Waals surface area contributed by atoms with Gasteiger partial charge in [0.25, 0.3) is 5.91 Å². The first-order chi connectivity index (χ1) is 9.16. The number of nitrogens with one attached hydrogen (secondary N) is 1. The van der Waals surface area contributed by atoms with Gasteiger partial charge in [-0.3, -0.25) is 9.59 Å². The van der Waals surface area contributed by atoms with Crippen LogP contribution in [0.15, 0.2) is 30.5 Å². The van der Waals surface area contributed by atoms with Crippen LogP contribution in [0.2, 0.25) is 0 Å². The molecule has 1 aromatic heterocycles. The van der Waals surface area contributed by atoms with Gasteiger partial charge in [0.05, 0.1) is 0 Å². The van der Waals surface area contributed by atoms with Crippen molar-refractivity contribution in [2.24, 2.45) is 5.92 Å². The van der Waals surface area contributed by atoms with Crippen LogP contribution in [-0.4, -0.2) is 28.1 Å². The first-order valence-corrected chi connectivity index (χ1v) is 6.47. The molecule has 0 radical (unpaired) electrons. The van der Waals surface area contributed by atoms with Gasteiger partial charge >= 0.3 is 5.97 Å². The minimum absolute atomic E-state index is 0.193. The maximum absolute atomic E-state index is 12.0. The lowest BCUT2D eigenvalue weighted by molar-refractivity contribution is -0.137. The number of rotatable bonds is 5. The second kappa shape index (κ2) is 6.22. The molecule has 0 saturated heterocycles. The second-order valence-corrected chi connectivity index (χ2v) is 4.78. The number of carboxylic acid groups (broad SMARTS) is 1. The molecule has 2 N–H and O–H groups in total. The largest absolute Gasteiger partial charge is 0.480 e. The first kappa shape index (κ1) is 13.4. The maximum atomic E-state index is 12.0. The summed E-state index contributed by atoms with van der Waals surface area (Å²) < 4.78 is 1.44. The Balaban J connectivity index is 1.90. The molecule has 1 amide bonds. The zero-order chi connectivity index (χ0) is 13.7. The summed E-state index contributed by atoms with van der Waals surface area (Å²) in [4.78, 5) is 22.7. The number of carbonyl (C=O) groups excluding carboxylic acids is 1. The van der Waals surface area contributed by atoms with Gasteiger partial charge in [-0.15, -0.1) is 0 Å². The van der Waals surface area contributed by atoms with Crippen molar-refractivity contribution < 1.29 is 14.7 Å². The fourth-order valence-corrected chi connectivity index (χ4v) is 2.27. The van der Waals surface area contributed by atoms with E-state index in [0.717, 1.165) is 19.3 Å². The molecule has 1 aliphatic carbocycles. The van der Waals surface area contributed by atoms with Crippen molar-refractivity contribution in [3.63, 3.8) is 0 Å². The first-order valence-electron chi connectivity index (χ1n) is 6.47. The van der Waals surface area contributed by atoms with Crippen LogP contribution in [0.3, 0.4) is 0 Å². The smallest absolute Gasteiger partial charge is 0.323 e. The summed E-state index contributed by atoms with van der Waals surface area (Å²) in [6.45, 7) is 0.448. The summed E-state index contributed by atoms with van der Waals surface area (Å²) in [5, 5.41) is 11.6. The Kier molecular flexibility index (Phi) is 4.39. The number of nitrogens with zero attached hydrogens (tertiary/aromatic N) is 1. The van der Waals surface area contributed by atoms with E-state index in [1.165, 1.54) is 4.57 Å². The lowest BCUT2D eigenvalue weighted by Gasteiger charge is -2.18. The lowest BCUT2D eigenvalue weighted by atomic mass is 9.94. The molecule has 5 nitrogen and oxygen atoms in total. The molecular weight excluding hydrogens is 244 g/mol. The Hall–Kier alpha value is -2.04. The molecule has 2 rings (SSSR count). The SMILES string of the molecule is O=C(O)Cn1cccc1C(=O)NCC1CC=CCC1. The topological polar surface area (TPSA) is 71.3 Å². The minimum atomic E-state index is -0.956. The van der Waals surface area contributed by atoms with Crippen molar-refractivity contribution in [2.75, 3.05) is 6.54 Å². The van der Waals surface area contributed by atoms with E-state index in [0.29, 0.717) is 18.2 Å². The van der Waals surface area contributed by atoms with E-state index in [1.807, 2.05) is 0 Å². The average molecular weight is 262 g/mol. The molecule has 1 atom stereocenters. The predicted molar refractivity (Wildman–Crippen MR) is 70.9 cm³/mol. The van der Waals surface area contributed by atoms with Gasteiger partial charge in [-0.1, -0.05) is 12.2 Å². The molecule has 1 aliphatic rings. The second-order valence-electron chi connectivity index (χ2n) is 4.78. The highest BCUT2D eigenvalue weighted by Crippen LogP contribution is 2.17. The van der Waals surface area contributed by atoms with Gasteiger partial charge in [0.1, 0.15) is 12.2 Å². The van der Waals surface area contributed by atoms with Crippen LogP contribution in [0.5, 0.6) is 0 Å². The van der Waals surface area contributed by atoms with Gasteiger partial charge in [-0.25, -0.2) is 0 Å². The third kappa shape index (κ3) is 3.71. The highest BCUT2D eigenvalue weighted by Gasteiger charge is 2.15. The summed E-state index contributed by atoms with van der Waals surface area (Å²) in [6, 6.07) is 3.32. The van der Waals surface area contributed by atoms with Crippen molar-refractivity contribution >= 4 is 11.9 Å². The fraction of sp³-hybridized carbons (Fsp3) is 0.429. The van der Waals surface area contributed by atoms with Crippen molar-refractivity contribution in [1.29, 1.82) is 0 Å². The molecular formula is C14H18N2O3. The molecule has 1 unspecified atom stereocenters. The standard InChI is InChI=1S/C14H18N2O3/c17-13(18)10-16-8-4-7-12(16)14(19)15-9-11-5-2-1-3-6-11/h1-2,4,7-8,11H,3,5-6,9-10H2,(H,15,19)(H,17,18). The zero-order valence-electron chi connectivity index (χ0n) is 10.7. The number of hydrogen-bond donors (Lipinski definition) is 2. The number of hydrogen-bond acceptors (Lipinski definition) is 2. The number of carboxylic acids is 1. The molecule has 0 spiro atoms. The van der Waals surface area contributed by atoms with E-state index in [4.69, 9.17) is 5.11 Å². The van der Waals surface area contributed by atoms with Crippen molar-refractivity contribution in [1.82, 2.24) is 9.88 Å². The van der Waals surface area contributed by atoms with Crippen LogP contribution in [-0.2, 0) is 11.3 Å². The van der Waals surface area contributed by atoms with Gasteiger partial charge in [0.2, 0.25) is 0 Å². The van der Waals surface area contributed by atoms with Crippen molar-refractivity contribution in [3.05, 3.63) is 36.2 Å².